The number of nitrogen functional groups attached to an aromatic ring is 1. The number of rotatable bonds is 8. The highest BCUT2D eigenvalue weighted by Crippen LogP contribution is 2.20. The van der Waals surface area contributed by atoms with Gasteiger partial charge < -0.3 is 15.5 Å². The summed E-state index contributed by atoms with van der Waals surface area (Å²) in [6.45, 7) is 7.71. The summed E-state index contributed by atoms with van der Waals surface area (Å²) in [6.07, 6.45) is 1.85. The highest BCUT2D eigenvalue weighted by Gasteiger charge is 2.10. The van der Waals surface area contributed by atoms with Gasteiger partial charge in [-0.1, -0.05) is 13.8 Å². The second-order valence-corrected chi connectivity index (χ2v) is 4.80. The first kappa shape index (κ1) is 15.7. The van der Waals surface area contributed by atoms with Crippen LogP contribution >= 0.6 is 0 Å². The number of anilines is 2. The second kappa shape index (κ2) is 7.91. The molecule has 108 valence electrons. The van der Waals surface area contributed by atoms with Crippen molar-refractivity contribution in [3.63, 3.8) is 0 Å². The molecule has 0 aliphatic heterocycles. The zero-order chi connectivity index (χ0) is 14.3. The number of nitrogens with two attached hydrogens (primary N) is 1. The zero-order valence-corrected chi connectivity index (χ0v) is 12.3. The molecule has 0 aromatic carbocycles. The molecule has 1 aromatic heterocycles. The van der Waals surface area contributed by atoms with Gasteiger partial charge in [-0.25, -0.2) is 15.8 Å². The third-order valence-electron chi connectivity index (χ3n) is 2.87. The molecule has 0 fully saturated rings. The predicted octanol–water partition coefficient (Wildman–Crippen LogP) is 1.72. The molecule has 1 unspecified atom stereocenters. The Bertz CT molecular complexity index is 397. The van der Waals surface area contributed by atoms with Gasteiger partial charge in [0.1, 0.15) is 17.5 Å². The van der Waals surface area contributed by atoms with Crippen LogP contribution in [0.4, 0.5) is 11.6 Å². The van der Waals surface area contributed by atoms with Crippen molar-refractivity contribution in [3.8, 4) is 0 Å². The molecule has 1 atom stereocenters. The third-order valence-corrected chi connectivity index (χ3v) is 2.87. The van der Waals surface area contributed by atoms with Gasteiger partial charge in [0.25, 0.3) is 0 Å². The average Bonchev–Trinajstić information content (AvgIpc) is 2.39. The minimum atomic E-state index is 0.420. The van der Waals surface area contributed by atoms with E-state index < -0.39 is 0 Å². The molecular formula is C13H25N5O. The molecule has 19 heavy (non-hydrogen) atoms. The van der Waals surface area contributed by atoms with Crippen molar-refractivity contribution in [2.24, 2.45) is 11.8 Å². The van der Waals surface area contributed by atoms with E-state index >= 15 is 0 Å². The lowest BCUT2D eigenvalue weighted by Gasteiger charge is -2.16. The molecular weight excluding hydrogens is 242 g/mol. The Kier molecular flexibility index (Phi) is 6.52. The van der Waals surface area contributed by atoms with Crippen LogP contribution in [0.25, 0.3) is 0 Å². The highest BCUT2D eigenvalue weighted by molar-refractivity contribution is 5.56. The molecule has 0 saturated heterocycles. The van der Waals surface area contributed by atoms with Crippen LogP contribution < -0.4 is 16.6 Å². The maximum absolute atomic E-state index is 5.50. The number of ether oxygens (including phenoxy) is 1. The van der Waals surface area contributed by atoms with Crippen LogP contribution in [0.3, 0.4) is 0 Å². The fourth-order valence-electron chi connectivity index (χ4n) is 1.83. The summed E-state index contributed by atoms with van der Waals surface area (Å²) in [5.74, 6) is 8.25. The van der Waals surface area contributed by atoms with Gasteiger partial charge in [-0.3, -0.25) is 0 Å². The molecule has 1 rings (SSSR count). The van der Waals surface area contributed by atoms with Crippen LogP contribution in [0.5, 0.6) is 0 Å². The Morgan fingerprint density at radius 1 is 1.32 bits per heavy atom. The summed E-state index contributed by atoms with van der Waals surface area (Å²) in [4.78, 5) is 8.94. The van der Waals surface area contributed by atoms with Crippen LogP contribution in [-0.2, 0) is 11.2 Å². The largest absolute Gasteiger partial charge is 0.384 e. The number of hydrogen-bond acceptors (Lipinski definition) is 6. The van der Waals surface area contributed by atoms with Crippen LogP contribution in [0.1, 0.15) is 31.7 Å². The lowest BCUT2D eigenvalue weighted by molar-refractivity contribution is 0.164. The molecule has 4 N–H and O–H groups in total. The third kappa shape index (κ3) is 4.65. The highest BCUT2D eigenvalue weighted by atomic mass is 16.5. The number of methoxy groups -OCH3 is 1. The first-order valence-electron chi connectivity index (χ1n) is 6.69. The standard InChI is InChI=1S/C13H25N5O/c1-5-6-11-16-12(10(3)13(17-11)18-14)15-7-9(2)8-19-4/h9H,5-8,14H2,1-4H3,(H2,15,16,17,18). The van der Waals surface area contributed by atoms with Gasteiger partial charge in [-0.2, -0.15) is 0 Å². The summed E-state index contributed by atoms with van der Waals surface area (Å²) < 4.78 is 5.12. The summed E-state index contributed by atoms with van der Waals surface area (Å²) >= 11 is 0. The van der Waals surface area contributed by atoms with Crippen LogP contribution in [0, 0.1) is 12.8 Å². The number of aromatic nitrogens is 2. The first-order valence-corrected chi connectivity index (χ1v) is 6.69. The van der Waals surface area contributed by atoms with Gasteiger partial charge in [-0.15, -0.1) is 0 Å². The number of hydrazine groups is 1. The molecule has 0 aliphatic carbocycles. The molecule has 1 aromatic rings. The lowest BCUT2D eigenvalue weighted by atomic mass is 10.2. The van der Waals surface area contributed by atoms with E-state index in [9.17, 15) is 0 Å². The van der Waals surface area contributed by atoms with E-state index in [1.165, 1.54) is 0 Å². The van der Waals surface area contributed by atoms with E-state index in [0.29, 0.717) is 11.7 Å². The van der Waals surface area contributed by atoms with Crippen molar-refractivity contribution < 1.29 is 4.74 Å². The van der Waals surface area contributed by atoms with Crippen LogP contribution in [-0.4, -0.2) is 30.2 Å². The van der Waals surface area contributed by atoms with E-state index in [1.54, 1.807) is 7.11 Å². The van der Waals surface area contributed by atoms with E-state index in [4.69, 9.17) is 10.6 Å². The maximum Gasteiger partial charge on any atom is 0.148 e. The summed E-state index contributed by atoms with van der Waals surface area (Å²) in [5, 5.41) is 3.34. The number of aryl methyl sites for hydroxylation is 1. The Morgan fingerprint density at radius 3 is 2.58 bits per heavy atom. The minimum Gasteiger partial charge on any atom is -0.384 e. The molecule has 1 heterocycles. The van der Waals surface area contributed by atoms with Gasteiger partial charge in [-0.05, 0) is 19.3 Å². The van der Waals surface area contributed by atoms with Gasteiger partial charge in [0.05, 0.1) is 6.61 Å². The van der Waals surface area contributed by atoms with E-state index in [2.05, 4.69) is 34.6 Å². The second-order valence-electron chi connectivity index (χ2n) is 4.80. The van der Waals surface area contributed by atoms with Crippen molar-refractivity contribution in [2.45, 2.75) is 33.6 Å². The Morgan fingerprint density at radius 2 is 2.00 bits per heavy atom. The first-order chi connectivity index (χ1) is 9.12. The van der Waals surface area contributed by atoms with Gasteiger partial charge >= 0.3 is 0 Å². The average molecular weight is 267 g/mol. The normalized spacial score (nSPS) is 12.3. The quantitative estimate of drug-likeness (QED) is 0.491. The fourth-order valence-corrected chi connectivity index (χ4v) is 1.83. The van der Waals surface area contributed by atoms with Crippen LogP contribution in [0.2, 0.25) is 0 Å². The SMILES string of the molecule is CCCc1nc(NN)c(C)c(NCC(C)COC)n1. The molecule has 0 bridgehead atoms. The Hall–Kier alpha value is -1.40. The van der Waals surface area contributed by atoms with Crippen molar-refractivity contribution >= 4 is 11.6 Å². The van der Waals surface area contributed by atoms with E-state index in [1.807, 2.05) is 6.92 Å². The van der Waals surface area contributed by atoms with Crippen LogP contribution in [0.15, 0.2) is 0 Å². The summed E-state index contributed by atoms with van der Waals surface area (Å²) in [5.41, 5.74) is 3.57. The molecule has 0 aliphatic rings. The van der Waals surface area contributed by atoms with Gasteiger partial charge in [0, 0.05) is 25.6 Å². The van der Waals surface area contributed by atoms with Gasteiger partial charge in [0.15, 0.2) is 0 Å². The molecule has 6 heteroatoms. The zero-order valence-electron chi connectivity index (χ0n) is 12.3. The van der Waals surface area contributed by atoms with Crippen molar-refractivity contribution in [1.29, 1.82) is 0 Å². The number of nitrogens with zero attached hydrogens (tertiary/aromatic N) is 2. The predicted molar refractivity (Wildman–Crippen MR) is 78.1 cm³/mol. The minimum absolute atomic E-state index is 0.420. The number of nitrogens with one attached hydrogen (secondary N) is 2. The summed E-state index contributed by atoms with van der Waals surface area (Å²) in [7, 11) is 1.71. The molecule has 0 amide bonds. The van der Waals surface area contributed by atoms with Crippen molar-refractivity contribution in [1.82, 2.24) is 9.97 Å². The van der Waals surface area contributed by atoms with E-state index in [-0.39, 0.29) is 0 Å². The molecule has 6 nitrogen and oxygen atoms in total. The monoisotopic (exact) mass is 267 g/mol. The van der Waals surface area contributed by atoms with Crippen molar-refractivity contribution in [2.75, 3.05) is 31.0 Å². The fraction of sp³-hybridized carbons (Fsp3) is 0.692. The Balaban J connectivity index is 2.82. The number of hydrogen-bond donors (Lipinski definition) is 3. The maximum atomic E-state index is 5.50. The van der Waals surface area contributed by atoms with E-state index in [0.717, 1.165) is 43.2 Å². The van der Waals surface area contributed by atoms with Gasteiger partial charge in [0.2, 0.25) is 0 Å². The summed E-state index contributed by atoms with van der Waals surface area (Å²) in [6, 6.07) is 0. The molecule has 0 radical (unpaired) electrons. The molecule has 0 saturated carbocycles. The van der Waals surface area contributed by atoms with Crippen molar-refractivity contribution in [3.05, 3.63) is 11.4 Å². The smallest absolute Gasteiger partial charge is 0.148 e. The molecule has 0 spiro atoms. The topological polar surface area (TPSA) is 85.1 Å². The lowest BCUT2D eigenvalue weighted by Crippen LogP contribution is -2.19. The Labute approximate surface area is 115 Å².